The van der Waals surface area contributed by atoms with E-state index in [1.165, 1.54) is 0 Å². The van der Waals surface area contributed by atoms with Crippen LogP contribution in [0.15, 0.2) is 48.5 Å². The van der Waals surface area contributed by atoms with Gasteiger partial charge in [-0.1, -0.05) is 24.3 Å². The second kappa shape index (κ2) is 7.87. The van der Waals surface area contributed by atoms with E-state index in [1.54, 1.807) is 14.2 Å². The molecule has 3 N–H and O–H groups in total. The van der Waals surface area contributed by atoms with Crippen molar-refractivity contribution in [2.24, 2.45) is 0 Å². The molecule has 1 saturated carbocycles. The molecule has 4 atom stereocenters. The van der Waals surface area contributed by atoms with Crippen LogP contribution in [0.3, 0.4) is 0 Å². The fourth-order valence-electron chi connectivity index (χ4n) is 3.50. The van der Waals surface area contributed by atoms with E-state index in [1.807, 2.05) is 48.5 Å². The molecule has 0 heterocycles. The third-order valence-electron chi connectivity index (χ3n) is 4.91. The Bertz CT molecular complexity index is 688. The highest BCUT2D eigenvalue weighted by Gasteiger charge is 2.41. The van der Waals surface area contributed by atoms with Crippen LogP contribution in [0, 0.1) is 0 Å². The van der Waals surface area contributed by atoms with Crippen molar-refractivity contribution < 1.29 is 19.7 Å². The summed E-state index contributed by atoms with van der Waals surface area (Å²) in [7, 11) is 3.28. The quantitative estimate of drug-likeness (QED) is 0.749. The molecule has 1 aliphatic carbocycles. The maximum atomic E-state index is 10.4. The zero-order chi connectivity index (χ0) is 17.8. The number of hydrogen-bond donors (Lipinski definition) is 3. The smallest absolute Gasteiger partial charge is 0.119 e. The number of hydrogen-bond acceptors (Lipinski definition) is 5. The Labute approximate surface area is 148 Å². The van der Waals surface area contributed by atoms with E-state index in [0.717, 1.165) is 22.6 Å². The second-order valence-electron chi connectivity index (χ2n) is 6.43. The van der Waals surface area contributed by atoms with Crippen molar-refractivity contribution in [3.63, 3.8) is 0 Å². The van der Waals surface area contributed by atoms with E-state index in [-0.39, 0.29) is 12.0 Å². The third kappa shape index (κ3) is 3.95. The fourth-order valence-corrected chi connectivity index (χ4v) is 3.50. The molecule has 5 nitrogen and oxygen atoms in total. The molecule has 0 aliphatic heterocycles. The summed E-state index contributed by atoms with van der Waals surface area (Å²) in [4.78, 5) is 0. The molecule has 1 fully saturated rings. The number of rotatable bonds is 6. The van der Waals surface area contributed by atoms with Crippen molar-refractivity contribution >= 4 is 0 Å². The van der Waals surface area contributed by atoms with Gasteiger partial charge in [0.2, 0.25) is 0 Å². The van der Waals surface area contributed by atoms with Crippen LogP contribution in [0.2, 0.25) is 0 Å². The highest BCUT2D eigenvalue weighted by atomic mass is 16.5. The van der Waals surface area contributed by atoms with Crippen LogP contribution < -0.4 is 14.8 Å². The Morgan fingerprint density at radius 1 is 1.00 bits per heavy atom. The van der Waals surface area contributed by atoms with Gasteiger partial charge in [-0.2, -0.15) is 0 Å². The monoisotopic (exact) mass is 343 g/mol. The molecule has 5 heteroatoms. The minimum atomic E-state index is -0.794. The van der Waals surface area contributed by atoms with Gasteiger partial charge < -0.3 is 25.0 Å². The number of ether oxygens (including phenoxy) is 2. The molecule has 2 aromatic rings. The van der Waals surface area contributed by atoms with E-state index >= 15 is 0 Å². The average molecular weight is 343 g/mol. The molecular weight excluding hydrogens is 318 g/mol. The zero-order valence-corrected chi connectivity index (χ0v) is 14.6. The van der Waals surface area contributed by atoms with Crippen LogP contribution >= 0.6 is 0 Å². The van der Waals surface area contributed by atoms with E-state index in [4.69, 9.17) is 9.47 Å². The average Bonchev–Trinajstić information content (AvgIpc) is 2.94. The van der Waals surface area contributed by atoms with Gasteiger partial charge in [0.15, 0.2) is 0 Å². The normalized spacial score (nSPS) is 25.8. The number of aliphatic hydroxyl groups excluding tert-OH is 2. The SMILES string of the molecule is COc1ccc(C2CC(O)C(O)C2NCc2cccc(OC)c2)cc1. The first-order chi connectivity index (χ1) is 12.1. The zero-order valence-electron chi connectivity index (χ0n) is 14.6. The van der Waals surface area contributed by atoms with Gasteiger partial charge in [0.05, 0.1) is 26.4 Å². The maximum absolute atomic E-state index is 10.4. The first kappa shape index (κ1) is 17.7. The summed E-state index contributed by atoms with van der Waals surface area (Å²) in [6.07, 6.45) is -0.990. The minimum absolute atomic E-state index is 0.0431. The van der Waals surface area contributed by atoms with Crippen LogP contribution in [0.5, 0.6) is 11.5 Å². The van der Waals surface area contributed by atoms with Gasteiger partial charge in [-0.3, -0.25) is 0 Å². The molecule has 1 aliphatic rings. The first-order valence-corrected chi connectivity index (χ1v) is 8.48. The standard InChI is InChI=1S/C20H25NO4/c1-24-15-8-6-14(7-9-15)17-11-18(22)20(23)19(17)21-12-13-4-3-5-16(10-13)25-2/h3-10,17-23H,11-12H2,1-2H3. The predicted octanol–water partition coefficient (Wildman–Crippen LogP) is 2.07. The molecular formula is C20H25NO4. The molecule has 2 aromatic carbocycles. The van der Waals surface area contributed by atoms with Crippen molar-refractivity contribution in [1.29, 1.82) is 0 Å². The van der Waals surface area contributed by atoms with Crippen molar-refractivity contribution in [2.75, 3.05) is 14.2 Å². The van der Waals surface area contributed by atoms with E-state index in [0.29, 0.717) is 13.0 Å². The van der Waals surface area contributed by atoms with Gasteiger partial charge in [-0.15, -0.1) is 0 Å². The molecule has 0 amide bonds. The lowest BCUT2D eigenvalue weighted by molar-refractivity contribution is 0.0297. The largest absolute Gasteiger partial charge is 0.497 e. The van der Waals surface area contributed by atoms with E-state index in [2.05, 4.69) is 5.32 Å². The van der Waals surface area contributed by atoms with Crippen molar-refractivity contribution in [3.05, 3.63) is 59.7 Å². The summed E-state index contributed by atoms with van der Waals surface area (Å²) in [6.45, 7) is 0.596. The van der Waals surface area contributed by atoms with Gasteiger partial charge in [0.1, 0.15) is 11.5 Å². The molecule has 0 saturated heterocycles. The summed E-state index contributed by atoms with van der Waals surface area (Å²) in [5.74, 6) is 1.64. The second-order valence-corrected chi connectivity index (χ2v) is 6.43. The first-order valence-electron chi connectivity index (χ1n) is 8.48. The van der Waals surface area contributed by atoms with Crippen molar-refractivity contribution in [3.8, 4) is 11.5 Å². The minimum Gasteiger partial charge on any atom is -0.497 e. The van der Waals surface area contributed by atoms with E-state index < -0.39 is 12.2 Å². The molecule has 0 radical (unpaired) electrons. The summed E-state index contributed by atoms with van der Waals surface area (Å²) in [5.41, 5.74) is 2.15. The Balaban J connectivity index is 1.73. The van der Waals surface area contributed by atoms with Crippen LogP contribution in [-0.4, -0.2) is 42.7 Å². The number of benzene rings is 2. The molecule has 3 rings (SSSR count). The third-order valence-corrected chi connectivity index (χ3v) is 4.91. The highest BCUT2D eigenvalue weighted by Crippen LogP contribution is 2.36. The number of aliphatic hydroxyl groups is 2. The molecule has 0 spiro atoms. The van der Waals surface area contributed by atoms with E-state index in [9.17, 15) is 10.2 Å². The Kier molecular flexibility index (Phi) is 5.58. The number of nitrogens with one attached hydrogen (secondary N) is 1. The molecule has 0 aromatic heterocycles. The van der Waals surface area contributed by atoms with Crippen LogP contribution in [0.1, 0.15) is 23.5 Å². The highest BCUT2D eigenvalue weighted by molar-refractivity contribution is 5.32. The lowest BCUT2D eigenvalue weighted by atomic mass is 9.93. The van der Waals surface area contributed by atoms with Gasteiger partial charge in [0.25, 0.3) is 0 Å². The summed E-state index contributed by atoms with van der Waals surface area (Å²) in [5, 5.41) is 24.0. The van der Waals surface area contributed by atoms with Crippen LogP contribution in [-0.2, 0) is 6.54 Å². The topological polar surface area (TPSA) is 71.0 Å². The summed E-state index contributed by atoms with van der Waals surface area (Å²) in [6, 6.07) is 15.4. The molecule has 25 heavy (non-hydrogen) atoms. The van der Waals surface area contributed by atoms with Gasteiger partial charge in [-0.25, -0.2) is 0 Å². The predicted molar refractivity (Wildman–Crippen MR) is 96.0 cm³/mol. The number of methoxy groups -OCH3 is 2. The Morgan fingerprint density at radius 2 is 1.72 bits per heavy atom. The van der Waals surface area contributed by atoms with Crippen molar-refractivity contribution in [2.45, 2.75) is 37.1 Å². The van der Waals surface area contributed by atoms with Crippen LogP contribution in [0.4, 0.5) is 0 Å². The summed E-state index contributed by atoms with van der Waals surface area (Å²) < 4.78 is 10.4. The lowest BCUT2D eigenvalue weighted by Crippen LogP contribution is -2.41. The Hall–Kier alpha value is -2.08. The maximum Gasteiger partial charge on any atom is 0.119 e. The van der Waals surface area contributed by atoms with Gasteiger partial charge in [0, 0.05) is 18.5 Å². The lowest BCUT2D eigenvalue weighted by Gasteiger charge is -2.24. The van der Waals surface area contributed by atoms with Gasteiger partial charge in [-0.05, 0) is 41.8 Å². The molecule has 0 bridgehead atoms. The molecule has 134 valence electrons. The molecule has 4 unspecified atom stereocenters. The van der Waals surface area contributed by atoms with Gasteiger partial charge >= 0.3 is 0 Å². The van der Waals surface area contributed by atoms with Crippen molar-refractivity contribution in [1.82, 2.24) is 5.32 Å². The fraction of sp³-hybridized carbons (Fsp3) is 0.400. The Morgan fingerprint density at radius 3 is 2.40 bits per heavy atom. The summed E-state index contributed by atoms with van der Waals surface area (Å²) >= 11 is 0. The van der Waals surface area contributed by atoms with Crippen LogP contribution in [0.25, 0.3) is 0 Å².